The second-order valence-electron chi connectivity index (χ2n) is 4.41. The molecular formula is C15H14Br2ClNO2. The average Bonchev–Trinajstić information content (AvgIpc) is 2.45. The second-order valence-corrected chi connectivity index (χ2v) is 6.62. The van der Waals surface area contributed by atoms with Crippen molar-refractivity contribution in [3.63, 3.8) is 0 Å². The van der Waals surface area contributed by atoms with Crippen LogP contribution in [0.15, 0.2) is 39.3 Å². The highest BCUT2D eigenvalue weighted by Crippen LogP contribution is 2.38. The Hall–Kier alpha value is -0.750. The van der Waals surface area contributed by atoms with E-state index in [9.17, 15) is 0 Å². The maximum atomic E-state index is 6.37. The van der Waals surface area contributed by atoms with Crippen molar-refractivity contribution in [2.45, 2.75) is 6.04 Å². The van der Waals surface area contributed by atoms with Gasteiger partial charge < -0.3 is 15.2 Å². The Labute approximate surface area is 145 Å². The highest BCUT2D eigenvalue weighted by atomic mass is 79.9. The van der Waals surface area contributed by atoms with Crippen LogP contribution >= 0.6 is 43.5 Å². The Kier molecular flexibility index (Phi) is 5.54. The van der Waals surface area contributed by atoms with Crippen molar-refractivity contribution >= 4 is 43.5 Å². The predicted molar refractivity (Wildman–Crippen MR) is 92.4 cm³/mol. The van der Waals surface area contributed by atoms with Gasteiger partial charge in [0.1, 0.15) is 11.5 Å². The average molecular weight is 436 g/mol. The molecule has 0 saturated heterocycles. The van der Waals surface area contributed by atoms with Crippen molar-refractivity contribution < 1.29 is 9.47 Å². The molecule has 2 rings (SSSR count). The molecule has 1 unspecified atom stereocenters. The highest BCUT2D eigenvalue weighted by Gasteiger charge is 2.18. The van der Waals surface area contributed by atoms with Crippen LogP contribution < -0.4 is 15.2 Å². The van der Waals surface area contributed by atoms with Gasteiger partial charge >= 0.3 is 0 Å². The van der Waals surface area contributed by atoms with E-state index in [1.54, 1.807) is 14.2 Å². The van der Waals surface area contributed by atoms with Gasteiger partial charge in [-0.1, -0.05) is 27.5 Å². The summed E-state index contributed by atoms with van der Waals surface area (Å²) >= 11 is 13.0. The van der Waals surface area contributed by atoms with Crippen LogP contribution in [0.3, 0.4) is 0 Å². The molecule has 0 radical (unpaired) electrons. The minimum Gasteiger partial charge on any atom is -0.496 e. The summed E-state index contributed by atoms with van der Waals surface area (Å²) in [5, 5.41) is 0.623. The smallest absolute Gasteiger partial charge is 0.133 e. The van der Waals surface area contributed by atoms with Crippen LogP contribution in [-0.4, -0.2) is 14.2 Å². The molecule has 6 heteroatoms. The van der Waals surface area contributed by atoms with Crippen molar-refractivity contribution in [2.75, 3.05) is 14.2 Å². The number of benzene rings is 2. The van der Waals surface area contributed by atoms with Gasteiger partial charge in [0.05, 0.1) is 24.7 Å². The normalized spacial score (nSPS) is 12.1. The first kappa shape index (κ1) is 16.6. The van der Waals surface area contributed by atoms with Gasteiger partial charge in [-0.15, -0.1) is 0 Å². The molecule has 0 heterocycles. The molecule has 0 saturated carbocycles. The molecule has 0 spiro atoms. The number of ether oxygens (including phenoxy) is 2. The molecule has 0 aliphatic heterocycles. The molecule has 112 valence electrons. The monoisotopic (exact) mass is 433 g/mol. The summed E-state index contributed by atoms with van der Waals surface area (Å²) in [7, 11) is 3.22. The van der Waals surface area contributed by atoms with E-state index in [1.807, 2.05) is 30.3 Å². The lowest BCUT2D eigenvalue weighted by Gasteiger charge is -2.18. The second kappa shape index (κ2) is 7.01. The van der Waals surface area contributed by atoms with Gasteiger partial charge in [0.2, 0.25) is 0 Å². The molecule has 1 atom stereocenters. The molecule has 0 bridgehead atoms. The fraction of sp³-hybridized carbons (Fsp3) is 0.200. The molecule has 2 aromatic rings. The van der Waals surface area contributed by atoms with Gasteiger partial charge in [-0.25, -0.2) is 0 Å². The molecule has 0 aliphatic carbocycles. The first-order valence-electron chi connectivity index (χ1n) is 6.09. The Morgan fingerprint density at radius 1 is 1.00 bits per heavy atom. The summed E-state index contributed by atoms with van der Waals surface area (Å²) < 4.78 is 12.4. The van der Waals surface area contributed by atoms with Crippen molar-refractivity contribution in [1.29, 1.82) is 0 Å². The summed E-state index contributed by atoms with van der Waals surface area (Å²) in [6, 6.07) is 8.92. The number of nitrogens with two attached hydrogens (primary N) is 1. The van der Waals surface area contributed by atoms with Crippen LogP contribution in [0.4, 0.5) is 0 Å². The minimum atomic E-state index is -0.378. The number of hydrogen-bond donors (Lipinski definition) is 1. The number of rotatable bonds is 4. The summed E-state index contributed by atoms with van der Waals surface area (Å²) in [5.41, 5.74) is 8.09. The quantitative estimate of drug-likeness (QED) is 0.741. The largest absolute Gasteiger partial charge is 0.496 e. The van der Waals surface area contributed by atoms with Crippen molar-refractivity contribution in [2.24, 2.45) is 5.73 Å². The van der Waals surface area contributed by atoms with E-state index in [4.69, 9.17) is 26.8 Å². The molecule has 2 aromatic carbocycles. The zero-order valence-electron chi connectivity index (χ0n) is 11.5. The van der Waals surface area contributed by atoms with E-state index in [-0.39, 0.29) is 6.04 Å². The van der Waals surface area contributed by atoms with Crippen LogP contribution in [0.1, 0.15) is 17.2 Å². The van der Waals surface area contributed by atoms with E-state index < -0.39 is 0 Å². The number of hydrogen-bond acceptors (Lipinski definition) is 3. The fourth-order valence-electron chi connectivity index (χ4n) is 2.06. The minimum absolute atomic E-state index is 0.378. The fourth-order valence-corrected chi connectivity index (χ4v) is 3.43. The summed E-state index contributed by atoms with van der Waals surface area (Å²) in [6.07, 6.45) is 0. The highest BCUT2D eigenvalue weighted by molar-refractivity contribution is 9.10. The first-order valence-corrected chi connectivity index (χ1v) is 8.05. The number of halogens is 3. The van der Waals surface area contributed by atoms with Gasteiger partial charge in [-0.2, -0.15) is 0 Å². The van der Waals surface area contributed by atoms with Crippen LogP contribution in [0.25, 0.3) is 0 Å². The van der Waals surface area contributed by atoms with Crippen molar-refractivity contribution in [1.82, 2.24) is 0 Å². The molecule has 0 amide bonds. The lowest BCUT2D eigenvalue weighted by molar-refractivity contribution is 0.395. The molecule has 0 fully saturated rings. The van der Waals surface area contributed by atoms with Crippen molar-refractivity contribution in [3.8, 4) is 11.5 Å². The third kappa shape index (κ3) is 3.72. The summed E-state index contributed by atoms with van der Waals surface area (Å²) in [5.74, 6) is 1.38. The third-order valence-corrected chi connectivity index (χ3v) is 4.38. The van der Waals surface area contributed by atoms with Gasteiger partial charge in [-0.3, -0.25) is 0 Å². The van der Waals surface area contributed by atoms with Crippen LogP contribution in [0.2, 0.25) is 5.02 Å². The van der Waals surface area contributed by atoms with E-state index in [0.717, 1.165) is 20.1 Å². The zero-order chi connectivity index (χ0) is 15.6. The molecule has 0 aromatic heterocycles. The zero-order valence-corrected chi connectivity index (χ0v) is 15.4. The Morgan fingerprint density at radius 2 is 1.67 bits per heavy atom. The molecule has 21 heavy (non-hydrogen) atoms. The SMILES string of the molecule is COc1cc(C(N)c2cc(Cl)cc(Br)c2)c(OC)cc1Br. The standard InChI is InChI=1S/C15H14Br2ClNO2/c1-20-13-7-12(17)14(21-2)6-11(13)15(19)8-3-9(16)5-10(18)4-8/h3-7,15H,19H2,1-2H3. The molecular weight excluding hydrogens is 421 g/mol. The summed E-state index contributed by atoms with van der Waals surface area (Å²) in [4.78, 5) is 0. The van der Waals surface area contributed by atoms with E-state index in [2.05, 4.69) is 31.9 Å². The third-order valence-electron chi connectivity index (χ3n) is 3.08. The maximum absolute atomic E-state index is 6.37. The van der Waals surface area contributed by atoms with Gasteiger partial charge in [0.25, 0.3) is 0 Å². The lowest BCUT2D eigenvalue weighted by atomic mass is 9.98. The van der Waals surface area contributed by atoms with Crippen LogP contribution in [-0.2, 0) is 0 Å². The van der Waals surface area contributed by atoms with Crippen molar-refractivity contribution in [3.05, 3.63) is 55.4 Å². The van der Waals surface area contributed by atoms with E-state index in [0.29, 0.717) is 16.5 Å². The number of methoxy groups -OCH3 is 2. The summed E-state index contributed by atoms with van der Waals surface area (Å²) in [6.45, 7) is 0. The predicted octanol–water partition coefficient (Wildman–Crippen LogP) is 4.93. The van der Waals surface area contributed by atoms with E-state index in [1.165, 1.54) is 0 Å². The Morgan fingerprint density at radius 3 is 2.24 bits per heavy atom. The molecule has 0 aliphatic rings. The van der Waals surface area contributed by atoms with Gasteiger partial charge in [0, 0.05) is 15.1 Å². The van der Waals surface area contributed by atoms with Gasteiger partial charge in [0.15, 0.2) is 0 Å². The lowest BCUT2D eigenvalue weighted by Crippen LogP contribution is -2.13. The van der Waals surface area contributed by atoms with Gasteiger partial charge in [-0.05, 0) is 51.8 Å². The van der Waals surface area contributed by atoms with Crippen LogP contribution in [0, 0.1) is 0 Å². The topological polar surface area (TPSA) is 44.5 Å². The maximum Gasteiger partial charge on any atom is 0.133 e. The van der Waals surface area contributed by atoms with E-state index >= 15 is 0 Å². The van der Waals surface area contributed by atoms with Crippen LogP contribution in [0.5, 0.6) is 11.5 Å². The first-order chi connectivity index (χ1) is 9.96. The molecule has 3 nitrogen and oxygen atoms in total. The Balaban J connectivity index is 2.53. The molecule has 2 N–H and O–H groups in total. The Bertz CT molecular complexity index is 644.